The molecule has 1 aromatic rings. The molecule has 1 rings (SSSR count). The number of carbonyl (C=O) groups is 2. The fourth-order valence-electron chi connectivity index (χ4n) is 1.27. The Kier molecular flexibility index (Phi) is 3.40. The molecule has 4 nitrogen and oxygen atoms in total. The Morgan fingerprint density at radius 3 is 2.56 bits per heavy atom. The maximum absolute atomic E-state index is 13.4. The van der Waals surface area contributed by atoms with Gasteiger partial charge in [0.2, 0.25) is 0 Å². The Morgan fingerprint density at radius 2 is 2.06 bits per heavy atom. The molecule has 3 N–H and O–H groups in total. The van der Waals surface area contributed by atoms with Gasteiger partial charge >= 0.3 is 5.97 Å². The number of aryl methyl sites for hydroxylation is 1. The van der Waals surface area contributed by atoms with Gasteiger partial charge in [0.25, 0.3) is 5.78 Å². The lowest BCUT2D eigenvalue weighted by Crippen LogP contribution is -2.12. The summed E-state index contributed by atoms with van der Waals surface area (Å²) >= 11 is 0. The van der Waals surface area contributed by atoms with Crippen LogP contribution in [0.4, 0.5) is 4.39 Å². The first-order valence-corrected chi connectivity index (χ1v) is 4.43. The molecule has 0 aliphatic rings. The molecule has 84 valence electrons. The van der Waals surface area contributed by atoms with Crippen LogP contribution in [0.15, 0.2) is 24.3 Å². The highest BCUT2D eigenvalue weighted by atomic mass is 19.1. The quantitative estimate of drug-likeness (QED) is 0.593. The highest BCUT2D eigenvalue weighted by Crippen LogP contribution is 2.18. The average Bonchev–Trinajstić information content (AvgIpc) is 2.16. The number of benzene rings is 1. The minimum atomic E-state index is -1.63. The predicted octanol–water partition coefficient (Wildman–Crippen LogP) is 1.09. The molecule has 0 fully saturated rings. The average molecular weight is 223 g/mol. The highest BCUT2D eigenvalue weighted by Gasteiger charge is 2.13. The summed E-state index contributed by atoms with van der Waals surface area (Å²) in [5.41, 5.74) is 5.87. The molecule has 0 saturated heterocycles. The molecule has 0 aliphatic carbocycles. The number of carboxylic acid groups (broad SMARTS) is 1. The van der Waals surface area contributed by atoms with Gasteiger partial charge in [-0.25, -0.2) is 9.18 Å². The van der Waals surface area contributed by atoms with E-state index >= 15 is 0 Å². The monoisotopic (exact) mass is 223 g/mol. The fraction of sp³-hybridized carbons (Fsp3) is 0.0909. The van der Waals surface area contributed by atoms with Crippen LogP contribution in [0.3, 0.4) is 0 Å². The SMILES string of the molecule is Cc1cccc(F)c1/C(N)=C/C(=O)C(=O)O. The maximum Gasteiger partial charge on any atom is 0.376 e. The second-order valence-corrected chi connectivity index (χ2v) is 3.20. The number of hydrogen-bond donors (Lipinski definition) is 2. The summed E-state index contributed by atoms with van der Waals surface area (Å²) in [6, 6.07) is 4.30. The van der Waals surface area contributed by atoms with E-state index in [0.29, 0.717) is 11.6 Å². The molecular weight excluding hydrogens is 213 g/mol. The van der Waals surface area contributed by atoms with Gasteiger partial charge in [-0.1, -0.05) is 12.1 Å². The zero-order chi connectivity index (χ0) is 12.3. The minimum absolute atomic E-state index is 0.0529. The van der Waals surface area contributed by atoms with E-state index in [0.717, 1.165) is 0 Å². The zero-order valence-corrected chi connectivity index (χ0v) is 8.53. The highest BCUT2D eigenvalue weighted by molar-refractivity contribution is 6.38. The third kappa shape index (κ3) is 2.44. The standard InChI is InChI=1S/C11H10FNO3/c1-6-3-2-4-7(12)10(6)8(13)5-9(14)11(15)16/h2-5H,13H2,1H3,(H,15,16)/b8-5-. The van der Waals surface area contributed by atoms with Crippen LogP contribution in [0.5, 0.6) is 0 Å². The van der Waals surface area contributed by atoms with Gasteiger partial charge in [0, 0.05) is 17.3 Å². The van der Waals surface area contributed by atoms with E-state index in [1.54, 1.807) is 13.0 Å². The first-order valence-electron chi connectivity index (χ1n) is 4.43. The van der Waals surface area contributed by atoms with Crippen molar-refractivity contribution in [3.05, 3.63) is 41.2 Å². The third-order valence-corrected chi connectivity index (χ3v) is 2.01. The number of ketones is 1. The summed E-state index contributed by atoms with van der Waals surface area (Å²) in [5, 5.41) is 8.37. The first-order chi connectivity index (χ1) is 7.43. The molecule has 0 saturated carbocycles. The van der Waals surface area contributed by atoms with E-state index in [-0.39, 0.29) is 11.3 Å². The molecular formula is C11H10FNO3. The minimum Gasteiger partial charge on any atom is -0.475 e. The Bertz CT molecular complexity index is 460. The van der Waals surface area contributed by atoms with Crippen LogP contribution in [0, 0.1) is 12.7 Å². The fourth-order valence-corrected chi connectivity index (χ4v) is 1.27. The van der Waals surface area contributed by atoms with Crippen LogP contribution < -0.4 is 5.73 Å². The normalized spacial score (nSPS) is 11.2. The molecule has 16 heavy (non-hydrogen) atoms. The lowest BCUT2D eigenvalue weighted by molar-refractivity contribution is -0.146. The summed E-state index contributed by atoms with van der Waals surface area (Å²) in [6.07, 6.45) is 0.702. The van der Waals surface area contributed by atoms with Crippen LogP contribution in [0.1, 0.15) is 11.1 Å². The van der Waals surface area contributed by atoms with Crippen molar-refractivity contribution in [2.75, 3.05) is 0 Å². The van der Waals surface area contributed by atoms with Crippen LogP contribution in [0.25, 0.3) is 5.70 Å². The molecule has 0 aliphatic heterocycles. The molecule has 0 spiro atoms. The summed E-state index contributed by atoms with van der Waals surface area (Å²) in [4.78, 5) is 21.2. The number of aliphatic carboxylic acids is 1. The van der Waals surface area contributed by atoms with Crippen LogP contribution in [-0.2, 0) is 9.59 Å². The van der Waals surface area contributed by atoms with Gasteiger partial charge in [-0.05, 0) is 18.6 Å². The van der Waals surface area contributed by atoms with Gasteiger partial charge in [-0.15, -0.1) is 0 Å². The maximum atomic E-state index is 13.4. The molecule has 0 bridgehead atoms. The van der Waals surface area contributed by atoms with Crippen molar-refractivity contribution >= 4 is 17.4 Å². The summed E-state index contributed by atoms with van der Waals surface area (Å²) in [7, 11) is 0. The molecule has 0 heterocycles. The lowest BCUT2D eigenvalue weighted by atomic mass is 10.0. The number of halogens is 1. The first kappa shape index (κ1) is 11.9. The Labute approximate surface area is 91.2 Å². The van der Waals surface area contributed by atoms with Crippen molar-refractivity contribution in [2.45, 2.75) is 6.92 Å². The Hall–Kier alpha value is -2.17. The van der Waals surface area contributed by atoms with Crippen molar-refractivity contribution in [1.29, 1.82) is 0 Å². The number of carboxylic acids is 1. The number of hydrogen-bond acceptors (Lipinski definition) is 3. The largest absolute Gasteiger partial charge is 0.475 e. The summed E-state index contributed by atoms with van der Waals surface area (Å²) in [5.74, 6) is -3.40. The topological polar surface area (TPSA) is 80.4 Å². The summed E-state index contributed by atoms with van der Waals surface area (Å²) in [6.45, 7) is 1.62. The smallest absolute Gasteiger partial charge is 0.376 e. The molecule has 0 aromatic heterocycles. The van der Waals surface area contributed by atoms with Gasteiger partial charge < -0.3 is 10.8 Å². The molecule has 0 radical (unpaired) electrons. The van der Waals surface area contributed by atoms with E-state index in [1.165, 1.54) is 12.1 Å². The van der Waals surface area contributed by atoms with Gasteiger partial charge in [0.15, 0.2) is 0 Å². The van der Waals surface area contributed by atoms with Crippen molar-refractivity contribution in [3.63, 3.8) is 0 Å². The van der Waals surface area contributed by atoms with E-state index in [1.807, 2.05) is 0 Å². The van der Waals surface area contributed by atoms with Gasteiger partial charge in [0.1, 0.15) is 5.82 Å². The van der Waals surface area contributed by atoms with Crippen molar-refractivity contribution in [3.8, 4) is 0 Å². The Balaban J connectivity index is 3.19. The molecule has 0 unspecified atom stereocenters. The second-order valence-electron chi connectivity index (χ2n) is 3.20. The zero-order valence-electron chi connectivity index (χ0n) is 8.53. The van der Waals surface area contributed by atoms with E-state index in [2.05, 4.69) is 0 Å². The number of rotatable bonds is 3. The van der Waals surface area contributed by atoms with Crippen LogP contribution >= 0.6 is 0 Å². The van der Waals surface area contributed by atoms with Crippen LogP contribution in [0.2, 0.25) is 0 Å². The molecule has 1 aromatic carbocycles. The van der Waals surface area contributed by atoms with E-state index < -0.39 is 17.6 Å². The molecule has 5 heteroatoms. The van der Waals surface area contributed by atoms with Gasteiger partial charge in [-0.2, -0.15) is 0 Å². The molecule has 0 amide bonds. The number of carbonyl (C=O) groups excluding carboxylic acids is 1. The van der Waals surface area contributed by atoms with E-state index in [9.17, 15) is 14.0 Å². The Morgan fingerprint density at radius 1 is 1.44 bits per heavy atom. The predicted molar refractivity (Wildman–Crippen MR) is 55.9 cm³/mol. The second kappa shape index (κ2) is 4.57. The third-order valence-electron chi connectivity index (χ3n) is 2.01. The van der Waals surface area contributed by atoms with Crippen molar-refractivity contribution in [1.82, 2.24) is 0 Å². The van der Waals surface area contributed by atoms with Crippen LogP contribution in [-0.4, -0.2) is 16.9 Å². The number of nitrogens with two attached hydrogens (primary N) is 1. The van der Waals surface area contributed by atoms with Gasteiger partial charge in [-0.3, -0.25) is 4.79 Å². The van der Waals surface area contributed by atoms with E-state index in [4.69, 9.17) is 10.8 Å². The van der Waals surface area contributed by atoms with Crippen molar-refractivity contribution < 1.29 is 19.1 Å². The lowest BCUT2D eigenvalue weighted by Gasteiger charge is -2.06. The molecule has 0 atom stereocenters. The van der Waals surface area contributed by atoms with Crippen molar-refractivity contribution in [2.24, 2.45) is 5.73 Å². The van der Waals surface area contributed by atoms with Gasteiger partial charge in [0.05, 0.1) is 0 Å². The summed E-state index contributed by atoms with van der Waals surface area (Å²) < 4.78 is 13.4.